The van der Waals surface area contributed by atoms with Crippen LogP contribution in [0.3, 0.4) is 0 Å². The summed E-state index contributed by atoms with van der Waals surface area (Å²) in [5.74, 6) is 0.817. The molecule has 2 N–H and O–H groups in total. The molecular formula is C17H19ClFNO3. The Balaban J connectivity index is 2.16. The van der Waals surface area contributed by atoms with E-state index in [-0.39, 0.29) is 19.0 Å². The number of halogens is 2. The summed E-state index contributed by atoms with van der Waals surface area (Å²) in [5, 5.41) is 12.3. The molecule has 0 aliphatic heterocycles. The third kappa shape index (κ3) is 4.82. The molecule has 0 heterocycles. The zero-order valence-corrected chi connectivity index (χ0v) is 13.6. The summed E-state index contributed by atoms with van der Waals surface area (Å²) in [4.78, 5) is 0. The van der Waals surface area contributed by atoms with E-state index in [1.165, 1.54) is 12.1 Å². The Kier molecular flexibility index (Phi) is 6.65. The van der Waals surface area contributed by atoms with Gasteiger partial charge < -0.3 is 19.9 Å². The van der Waals surface area contributed by atoms with Gasteiger partial charge in [0.1, 0.15) is 12.4 Å². The summed E-state index contributed by atoms with van der Waals surface area (Å²) < 4.78 is 24.3. The first-order valence-corrected chi connectivity index (χ1v) is 7.57. The molecule has 0 saturated carbocycles. The van der Waals surface area contributed by atoms with E-state index in [9.17, 15) is 4.39 Å². The first kappa shape index (κ1) is 17.5. The Morgan fingerprint density at radius 3 is 2.74 bits per heavy atom. The lowest BCUT2D eigenvalue weighted by molar-refractivity contribution is 0.277. The van der Waals surface area contributed by atoms with Crippen LogP contribution in [0.25, 0.3) is 0 Å². The molecule has 6 heteroatoms. The van der Waals surface area contributed by atoms with Crippen LogP contribution in [0.5, 0.6) is 11.5 Å². The number of ether oxygens (including phenoxy) is 2. The van der Waals surface area contributed by atoms with E-state index < -0.39 is 0 Å². The van der Waals surface area contributed by atoms with Crippen LogP contribution in [-0.4, -0.2) is 25.4 Å². The van der Waals surface area contributed by atoms with Crippen LogP contribution in [0.15, 0.2) is 36.4 Å². The van der Waals surface area contributed by atoms with E-state index >= 15 is 0 Å². The lowest BCUT2D eigenvalue weighted by Gasteiger charge is -2.16. The van der Waals surface area contributed by atoms with Crippen molar-refractivity contribution >= 4 is 11.6 Å². The maximum atomic E-state index is 13.1. The number of benzene rings is 2. The number of hydrogen-bond donors (Lipinski definition) is 2. The summed E-state index contributed by atoms with van der Waals surface area (Å²) in [7, 11) is 1.57. The minimum Gasteiger partial charge on any atom is -0.493 e. The standard InChI is InChI=1S/C17H19ClFNO3/c1-22-16-4-2-3-12(10-20-7-8-21)17(16)23-11-13-5-6-14(19)9-15(13)18/h2-6,9,20-21H,7-8,10-11H2,1H3. The van der Waals surface area contributed by atoms with E-state index in [4.69, 9.17) is 26.2 Å². The second-order valence-corrected chi connectivity index (χ2v) is 5.28. The number of nitrogens with one attached hydrogen (secondary N) is 1. The first-order valence-electron chi connectivity index (χ1n) is 7.20. The van der Waals surface area contributed by atoms with Crippen molar-refractivity contribution in [2.75, 3.05) is 20.3 Å². The van der Waals surface area contributed by atoms with Gasteiger partial charge in [-0.25, -0.2) is 4.39 Å². The van der Waals surface area contributed by atoms with Crippen molar-refractivity contribution in [3.63, 3.8) is 0 Å². The maximum Gasteiger partial charge on any atom is 0.166 e. The lowest BCUT2D eigenvalue weighted by atomic mass is 10.1. The van der Waals surface area contributed by atoms with Crippen LogP contribution in [0.2, 0.25) is 5.02 Å². The van der Waals surface area contributed by atoms with Crippen molar-refractivity contribution in [3.05, 3.63) is 58.4 Å². The average molecular weight is 340 g/mol. The molecular weight excluding hydrogens is 321 g/mol. The summed E-state index contributed by atoms with van der Waals surface area (Å²) in [6.07, 6.45) is 0. The summed E-state index contributed by atoms with van der Waals surface area (Å²) in [6, 6.07) is 9.78. The summed E-state index contributed by atoms with van der Waals surface area (Å²) in [5.41, 5.74) is 1.59. The fourth-order valence-corrected chi connectivity index (χ4v) is 2.34. The van der Waals surface area contributed by atoms with Crippen LogP contribution in [0.4, 0.5) is 4.39 Å². The van der Waals surface area contributed by atoms with Gasteiger partial charge in [0.25, 0.3) is 0 Å². The van der Waals surface area contributed by atoms with Crippen molar-refractivity contribution in [1.29, 1.82) is 0 Å². The fourth-order valence-electron chi connectivity index (χ4n) is 2.12. The number of aliphatic hydroxyl groups is 1. The molecule has 0 fully saturated rings. The van der Waals surface area contributed by atoms with Crippen molar-refractivity contribution < 1.29 is 19.0 Å². The third-order valence-corrected chi connectivity index (χ3v) is 3.62. The summed E-state index contributed by atoms with van der Waals surface area (Å²) in [6.45, 7) is 1.28. The molecule has 2 aromatic carbocycles. The number of rotatable bonds is 8. The molecule has 0 amide bonds. The molecule has 23 heavy (non-hydrogen) atoms. The van der Waals surface area contributed by atoms with E-state index in [0.29, 0.717) is 35.2 Å². The smallest absolute Gasteiger partial charge is 0.166 e. The van der Waals surface area contributed by atoms with Crippen LogP contribution in [0.1, 0.15) is 11.1 Å². The highest BCUT2D eigenvalue weighted by atomic mass is 35.5. The number of para-hydroxylation sites is 1. The van der Waals surface area contributed by atoms with Gasteiger partial charge in [0.15, 0.2) is 11.5 Å². The van der Waals surface area contributed by atoms with Gasteiger partial charge in [-0.2, -0.15) is 0 Å². The largest absolute Gasteiger partial charge is 0.493 e. The van der Waals surface area contributed by atoms with Gasteiger partial charge in [0.05, 0.1) is 18.7 Å². The van der Waals surface area contributed by atoms with Crippen LogP contribution in [-0.2, 0) is 13.2 Å². The molecule has 0 aromatic heterocycles. The Morgan fingerprint density at radius 1 is 1.22 bits per heavy atom. The van der Waals surface area contributed by atoms with Crippen LogP contribution < -0.4 is 14.8 Å². The Bertz CT molecular complexity index is 652. The Labute approximate surface area is 139 Å². The predicted molar refractivity (Wildman–Crippen MR) is 87.5 cm³/mol. The molecule has 124 valence electrons. The average Bonchev–Trinajstić information content (AvgIpc) is 2.55. The van der Waals surface area contributed by atoms with Gasteiger partial charge >= 0.3 is 0 Å². The Hall–Kier alpha value is -1.82. The van der Waals surface area contributed by atoms with E-state index in [1.807, 2.05) is 12.1 Å². The van der Waals surface area contributed by atoms with E-state index in [0.717, 1.165) is 5.56 Å². The SMILES string of the molecule is COc1cccc(CNCCO)c1OCc1ccc(F)cc1Cl. The zero-order chi connectivity index (χ0) is 16.7. The predicted octanol–water partition coefficient (Wildman–Crippen LogP) is 3.15. The monoisotopic (exact) mass is 339 g/mol. The van der Waals surface area contributed by atoms with Gasteiger partial charge in [-0.15, -0.1) is 0 Å². The normalized spacial score (nSPS) is 10.6. The van der Waals surface area contributed by atoms with Crippen molar-refractivity contribution in [3.8, 4) is 11.5 Å². The van der Waals surface area contributed by atoms with Gasteiger partial charge in [0, 0.05) is 24.2 Å². The van der Waals surface area contributed by atoms with E-state index in [1.54, 1.807) is 19.2 Å². The highest BCUT2D eigenvalue weighted by molar-refractivity contribution is 6.31. The van der Waals surface area contributed by atoms with E-state index in [2.05, 4.69) is 5.32 Å². The van der Waals surface area contributed by atoms with Gasteiger partial charge in [-0.3, -0.25) is 0 Å². The number of hydrogen-bond acceptors (Lipinski definition) is 4. The second-order valence-electron chi connectivity index (χ2n) is 4.87. The number of aliphatic hydroxyl groups excluding tert-OH is 1. The third-order valence-electron chi connectivity index (χ3n) is 3.27. The minimum absolute atomic E-state index is 0.0609. The highest BCUT2D eigenvalue weighted by Crippen LogP contribution is 2.32. The molecule has 0 unspecified atom stereocenters. The first-order chi connectivity index (χ1) is 11.2. The molecule has 4 nitrogen and oxygen atoms in total. The maximum absolute atomic E-state index is 13.1. The van der Waals surface area contributed by atoms with Crippen molar-refractivity contribution in [2.24, 2.45) is 0 Å². The summed E-state index contributed by atoms with van der Waals surface area (Å²) >= 11 is 6.02. The molecule has 2 rings (SSSR count). The lowest BCUT2D eigenvalue weighted by Crippen LogP contribution is -2.18. The molecule has 0 bridgehead atoms. The minimum atomic E-state index is -0.384. The molecule has 0 aliphatic rings. The van der Waals surface area contributed by atoms with Gasteiger partial charge in [-0.05, 0) is 18.2 Å². The quantitative estimate of drug-likeness (QED) is 0.725. The zero-order valence-electron chi connectivity index (χ0n) is 12.8. The van der Waals surface area contributed by atoms with Crippen molar-refractivity contribution in [1.82, 2.24) is 5.32 Å². The molecule has 0 aliphatic carbocycles. The molecule has 0 radical (unpaired) electrons. The molecule has 0 atom stereocenters. The Morgan fingerprint density at radius 2 is 2.04 bits per heavy atom. The highest BCUT2D eigenvalue weighted by Gasteiger charge is 2.12. The van der Waals surface area contributed by atoms with Crippen LogP contribution >= 0.6 is 11.6 Å². The van der Waals surface area contributed by atoms with Gasteiger partial charge in [0.2, 0.25) is 0 Å². The topological polar surface area (TPSA) is 50.7 Å². The molecule has 0 spiro atoms. The van der Waals surface area contributed by atoms with Gasteiger partial charge in [-0.1, -0.05) is 29.8 Å². The fraction of sp³-hybridized carbons (Fsp3) is 0.294. The second kappa shape index (κ2) is 8.72. The number of methoxy groups -OCH3 is 1. The molecule has 2 aromatic rings. The molecule has 0 saturated heterocycles. The van der Waals surface area contributed by atoms with Crippen molar-refractivity contribution in [2.45, 2.75) is 13.2 Å². The van der Waals surface area contributed by atoms with Crippen LogP contribution in [0, 0.1) is 5.82 Å².